The van der Waals surface area contributed by atoms with Crippen LogP contribution < -0.4 is 16.6 Å². The molecule has 4 aromatic rings. The summed E-state index contributed by atoms with van der Waals surface area (Å²) < 4.78 is 3.69. The molecule has 0 aliphatic rings. The van der Waals surface area contributed by atoms with Gasteiger partial charge in [0.2, 0.25) is 5.91 Å². The number of hydrogen-bond donors (Lipinski definition) is 1. The Morgan fingerprint density at radius 2 is 1.69 bits per heavy atom. The number of benzene rings is 1. The van der Waals surface area contributed by atoms with E-state index in [1.165, 1.54) is 29.6 Å². The first-order valence-electron chi connectivity index (χ1n) is 8.74. The van der Waals surface area contributed by atoms with Crippen molar-refractivity contribution in [1.82, 2.24) is 28.7 Å². The maximum Gasteiger partial charge on any atom is 0.332 e. The molecule has 0 atom stereocenters. The number of nitrogens with zero attached hydrogens (tertiary/aromatic N) is 6. The van der Waals surface area contributed by atoms with Crippen molar-refractivity contribution in [3.8, 4) is 11.4 Å². The first-order chi connectivity index (χ1) is 14.0. The fourth-order valence-electron chi connectivity index (χ4n) is 3.02. The normalized spacial score (nSPS) is 11.0. The van der Waals surface area contributed by atoms with Crippen molar-refractivity contribution in [3.63, 3.8) is 0 Å². The zero-order chi connectivity index (χ0) is 20.5. The van der Waals surface area contributed by atoms with Crippen molar-refractivity contribution in [2.45, 2.75) is 6.54 Å². The molecule has 4 rings (SSSR count). The number of anilines is 1. The second-order valence-corrected chi connectivity index (χ2v) is 6.45. The first-order valence-corrected chi connectivity index (χ1v) is 8.74. The van der Waals surface area contributed by atoms with E-state index in [-0.39, 0.29) is 23.6 Å². The highest BCUT2D eigenvalue weighted by Gasteiger charge is 2.16. The third-order valence-corrected chi connectivity index (χ3v) is 4.52. The van der Waals surface area contributed by atoms with Crippen LogP contribution in [0.1, 0.15) is 0 Å². The Hall–Kier alpha value is -4.08. The van der Waals surface area contributed by atoms with Gasteiger partial charge in [-0.3, -0.25) is 18.7 Å². The van der Waals surface area contributed by atoms with Crippen molar-refractivity contribution < 1.29 is 4.79 Å². The Kier molecular flexibility index (Phi) is 4.51. The molecule has 146 valence electrons. The lowest BCUT2D eigenvalue weighted by Gasteiger charge is -2.08. The molecule has 0 bridgehead atoms. The van der Waals surface area contributed by atoms with Crippen molar-refractivity contribution in [1.29, 1.82) is 0 Å². The highest BCUT2D eigenvalue weighted by Crippen LogP contribution is 2.17. The number of carbonyl (C=O) groups excluding carboxylic acids is 1. The number of imidazole rings is 1. The summed E-state index contributed by atoms with van der Waals surface area (Å²) in [7, 11) is 2.92. The van der Waals surface area contributed by atoms with E-state index in [1.807, 2.05) is 12.1 Å². The van der Waals surface area contributed by atoms with Gasteiger partial charge < -0.3 is 9.88 Å². The van der Waals surface area contributed by atoms with E-state index in [0.717, 1.165) is 10.1 Å². The molecular weight excluding hydrogens is 374 g/mol. The SMILES string of the molecule is Cn1c(=O)c2c(ncn2CC(=O)Nc2ccc(-c3ncccn3)cc2)n(C)c1=O. The average molecular weight is 391 g/mol. The van der Waals surface area contributed by atoms with Gasteiger partial charge in [0.1, 0.15) is 6.54 Å². The molecule has 1 amide bonds. The van der Waals surface area contributed by atoms with E-state index >= 15 is 0 Å². The number of aromatic nitrogens is 6. The maximum absolute atomic E-state index is 12.5. The van der Waals surface area contributed by atoms with Gasteiger partial charge in [-0.15, -0.1) is 0 Å². The van der Waals surface area contributed by atoms with Crippen LogP contribution in [-0.2, 0) is 25.4 Å². The van der Waals surface area contributed by atoms with Crippen LogP contribution in [0.15, 0.2) is 58.6 Å². The molecule has 0 aliphatic carbocycles. The number of aryl methyl sites for hydroxylation is 1. The molecule has 10 nitrogen and oxygen atoms in total. The first kappa shape index (κ1) is 18.3. The van der Waals surface area contributed by atoms with Gasteiger partial charge in [-0.1, -0.05) is 0 Å². The smallest absolute Gasteiger partial charge is 0.325 e. The molecule has 0 spiro atoms. The summed E-state index contributed by atoms with van der Waals surface area (Å²) in [6.07, 6.45) is 4.70. The van der Waals surface area contributed by atoms with Crippen LogP contribution >= 0.6 is 0 Å². The molecule has 3 heterocycles. The Bertz CT molecular complexity index is 1320. The molecule has 3 aromatic heterocycles. The van der Waals surface area contributed by atoms with Crippen LogP contribution in [0.3, 0.4) is 0 Å². The number of nitrogens with one attached hydrogen (secondary N) is 1. The molecule has 1 N–H and O–H groups in total. The predicted octanol–water partition coefficient (Wildman–Crippen LogP) is 0.529. The Morgan fingerprint density at radius 1 is 1.00 bits per heavy atom. The molecule has 0 saturated heterocycles. The van der Waals surface area contributed by atoms with Gasteiger partial charge in [-0.05, 0) is 30.3 Å². The zero-order valence-electron chi connectivity index (χ0n) is 15.7. The predicted molar refractivity (Wildman–Crippen MR) is 106 cm³/mol. The molecule has 0 saturated carbocycles. The molecule has 29 heavy (non-hydrogen) atoms. The highest BCUT2D eigenvalue weighted by molar-refractivity contribution is 5.91. The summed E-state index contributed by atoms with van der Waals surface area (Å²) in [6, 6.07) is 8.85. The topological polar surface area (TPSA) is 117 Å². The second kappa shape index (κ2) is 7.15. The molecule has 0 unspecified atom stereocenters. The van der Waals surface area contributed by atoms with E-state index in [1.54, 1.807) is 30.6 Å². The lowest BCUT2D eigenvalue weighted by molar-refractivity contribution is -0.116. The minimum absolute atomic E-state index is 0.118. The van der Waals surface area contributed by atoms with Gasteiger partial charge in [0, 0.05) is 37.7 Å². The number of fused-ring (bicyclic) bond motifs is 1. The monoisotopic (exact) mass is 391 g/mol. The Labute approximate surface area is 164 Å². The summed E-state index contributed by atoms with van der Waals surface area (Å²) in [5, 5.41) is 2.78. The van der Waals surface area contributed by atoms with Gasteiger partial charge in [0.15, 0.2) is 17.0 Å². The molecule has 1 aromatic carbocycles. The maximum atomic E-state index is 12.5. The number of carbonyl (C=O) groups is 1. The fraction of sp³-hybridized carbons (Fsp3) is 0.158. The lowest BCUT2D eigenvalue weighted by atomic mass is 10.2. The standard InChI is InChI=1S/C19H17N7O3/c1-24-17-15(18(28)25(2)19(24)29)26(11-22-17)10-14(27)23-13-6-4-12(5-7-13)16-20-8-3-9-21-16/h3-9,11H,10H2,1-2H3,(H,23,27). The van der Waals surface area contributed by atoms with Crippen LogP contribution in [0.5, 0.6) is 0 Å². The molecule has 0 radical (unpaired) electrons. The fourth-order valence-corrected chi connectivity index (χ4v) is 3.02. The third kappa shape index (κ3) is 3.31. The third-order valence-electron chi connectivity index (χ3n) is 4.52. The molecular formula is C19H17N7O3. The summed E-state index contributed by atoms with van der Waals surface area (Å²) >= 11 is 0. The largest absolute Gasteiger partial charge is 0.332 e. The highest BCUT2D eigenvalue weighted by atomic mass is 16.2. The summed E-state index contributed by atoms with van der Waals surface area (Å²) in [5.41, 5.74) is 0.882. The number of hydrogen-bond acceptors (Lipinski definition) is 6. The van der Waals surface area contributed by atoms with Gasteiger partial charge in [-0.2, -0.15) is 0 Å². The van der Waals surface area contributed by atoms with E-state index < -0.39 is 11.2 Å². The molecule has 10 heteroatoms. The van der Waals surface area contributed by atoms with Crippen molar-refractivity contribution in [3.05, 3.63) is 69.9 Å². The zero-order valence-corrected chi connectivity index (χ0v) is 15.7. The van der Waals surface area contributed by atoms with E-state index in [9.17, 15) is 14.4 Å². The minimum Gasteiger partial charge on any atom is -0.325 e. The summed E-state index contributed by atoms with van der Waals surface area (Å²) in [5.74, 6) is 0.264. The second-order valence-electron chi connectivity index (χ2n) is 6.45. The summed E-state index contributed by atoms with van der Waals surface area (Å²) in [6.45, 7) is -0.118. The Morgan fingerprint density at radius 3 is 2.38 bits per heavy atom. The minimum atomic E-state index is -0.499. The van der Waals surface area contributed by atoms with Crippen molar-refractivity contribution in [2.24, 2.45) is 14.1 Å². The van der Waals surface area contributed by atoms with Gasteiger partial charge >= 0.3 is 5.69 Å². The molecule has 0 aliphatic heterocycles. The number of amides is 1. The van der Waals surface area contributed by atoms with E-state index in [2.05, 4.69) is 20.3 Å². The number of rotatable bonds is 4. The van der Waals surface area contributed by atoms with Gasteiger partial charge in [0.25, 0.3) is 5.56 Å². The summed E-state index contributed by atoms with van der Waals surface area (Å²) in [4.78, 5) is 49.4. The quantitative estimate of drug-likeness (QED) is 0.542. The van der Waals surface area contributed by atoms with Crippen LogP contribution in [0.25, 0.3) is 22.6 Å². The van der Waals surface area contributed by atoms with Crippen molar-refractivity contribution >= 4 is 22.8 Å². The van der Waals surface area contributed by atoms with Crippen LogP contribution in [0.2, 0.25) is 0 Å². The van der Waals surface area contributed by atoms with Gasteiger partial charge in [0.05, 0.1) is 6.33 Å². The average Bonchev–Trinajstić information content (AvgIpc) is 3.15. The van der Waals surface area contributed by atoms with Crippen LogP contribution in [0.4, 0.5) is 5.69 Å². The lowest BCUT2D eigenvalue weighted by Crippen LogP contribution is -2.37. The van der Waals surface area contributed by atoms with Crippen LogP contribution in [0, 0.1) is 0 Å². The van der Waals surface area contributed by atoms with Gasteiger partial charge in [-0.25, -0.2) is 19.7 Å². The molecule has 0 fully saturated rings. The Balaban J connectivity index is 1.55. The van der Waals surface area contributed by atoms with Crippen LogP contribution in [-0.4, -0.2) is 34.6 Å². The van der Waals surface area contributed by atoms with Crippen molar-refractivity contribution in [2.75, 3.05) is 5.32 Å². The van der Waals surface area contributed by atoms with E-state index in [0.29, 0.717) is 11.5 Å². The van der Waals surface area contributed by atoms with E-state index in [4.69, 9.17) is 0 Å².